The minimum atomic E-state index is -0.143. The first-order valence-corrected chi connectivity index (χ1v) is 7.51. The van der Waals surface area contributed by atoms with E-state index >= 15 is 0 Å². The van der Waals surface area contributed by atoms with Gasteiger partial charge in [0.05, 0.1) is 0 Å². The highest BCUT2D eigenvalue weighted by molar-refractivity contribution is 6.04. The van der Waals surface area contributed by atoms with Gasteiger partial charge in [-0.25, -0.2) is 0 Å². The summed E-state index contributed by atoms with van der Waals surface area (Å²) >= 11 is 0. The second kappa shape index (κ2) is 6.22. The van der Waals surface area contributed by atoms with Crippen molar-refractivity contribution in [2.75, 3.05) is 11.1 Å². The van der Waals surface area contributed by atoms with Gasteiger partial charge < -0.3 is 11.1 Å². The summed E-state index contributed by atoms with van der Waals surface area (Å²) < 4.78 is 0. The SMILES string of the molecule is Cc1cc(NC(=O)c2cccc(N)c2)ccc1CC(C)(C)C. The summed E-state index contributed by atoms with van der Waals surface area (Å²) in [6, 6.07) is 13.0. The molecule has 0 atom stereocenters. The zero-order chi connectivity index (χ0) is 16.3. The fourth-order valence-corrected chi connectivity index (χ4v) is 2.43. The van der Waals surface area contributed by atoms with Crippen LogP contribution in [0.1, 0.15) is 42.3 Å². The molecule has 0 aliphatic carbocycles. The Bertz CT molecular complexity index is 684. The van der Waals surface area contributed by atoms with Gasteiger partial charge in [0.25, 0.3) is 5.91 Å². The van der Waals surface area contributed by atoms with Crippen LogP contribution in [0.2, 0.25) is 0 Å². The Kier molecular flexibility index (Phi) is 4.55. The molecule has 2 rings (SSSR count). The summed E-state index contributed by atoms with van der Waals surface area (Å²) in [5.74, 6) is -0.143. The summed E-state index contributed by atoms with van der Waals surface area (Å²) in [5.41, 5.74) is 10.4. The van der Waals surface area contributed by atoms with Crippen LogP contribution in [0.5, 0.6) is 0 Å². The van der Waals surface area contributed by atoms with Crippen LogP contribution in [-0.2, 0) is 6.42 Å². The number of nitrogens with one attached hydrogen (secondary N) is 1. The highest BCUT2D eigenvalue weighted by atomic mass is 16.1. The number of rotatable bonds is 3. The number of nitrogen functional groups attached to an aromatic ring is 1. The average molecular weight is 296 g/mol. The minimum absolute atomic E-state index is 0.143. The van der Waals surface area contributed by atoms with E-state index in [1.165, 1.54) is 11.1 Å². The van der Waals surface area contributed by atoms with Crippen molar-refractivity contribution in [2.45, 2.75) is 34.1 Å². The fourth-order valence-electron chi connectivity index (χ4n) is 2.43. The first-order valence-electron chi connectivity index (χ1n) is 7.51. The van der Waals surface area contributed by atoms with Crippen molar-refractivity contribution in [1.82, 2.24) is 0 Å². The van der Waals surface area contributed by atoms with Crippen LogP contribution in [0.4, 0.5) is 11.4 Å². The van der Waals surface area contributed by atoms with E-state index < -0.39 is 0 Å². The van der Waals surface area contributed by atoms with Crippen molar-refractivity contribution in [3.05, 3.63) is 59.2 Å². The van der Waals surface area contributed by atoms with Gasteiger partial charge in [0.2, 0.25) is 0 Å². The zero-order valence-electron chi connectivity index (χ0n) is 13.7. The van der Waals surface area contributed by atoms with Crippen molar-refractivity contribution in [3.8, 4) is 0 Å². The summed E-state index contributed by atoms with van der Waals surface area (Å²) in [5, 5.41) is 2.92. The molecular weight excluding hydrogens is 272 g/mol. The molecule has 0 bridgehead atoms. The minimum Gasteiger partial charge on any atom is -0.399 e. The molecule has 0 saturated carbocycles. The molecule has 22 heavy (non-hydrogen) atoms. The van der Waals surface area contributed by atoms with E-state index in [4.69, 9.17) is 5.73 Å². The molecule has 0 aromatic heterocycles. The van der Waals surface area contributed by atoms with Crippen molar-refractivity contribution in [3.63, 3.8) is 0 Å². The number of carbonyl (C=O) groups excluding carboxylic acids is 1. The summed E-state index contributed by atoms with van der Waals surface area (Å²) in [6.07, 6.45) is 1.02. The van der Waals surface area contributed by atoms with Crippen molar-refractivity contribution in [2.24, 2.45) is 5.41 Å². The van der Waals surface area contributed by atoms with Crippen molar-refractivity contribution < 1.29 is 4.79 Å². The molecule has 0 aliphatic heterocycles. The molecule has 0 aliphatic rings. The lowest BCUT2D eigenvalue weighted by atomic mass is 9.86. The summed E-state index contributed by atoms with van der Waals surface area (Å²) in [4.78, 5) is 12.2. The quantitative estimate of drug-likeness (QED) is 0.824. The molecule has 0 radical (unpaired) electrons. The first kappa shape index (κ1) is 16.1. The molecule has 116 valence electrons. The van der Waals surface area contributed by atoms with Gasteiger partial charge in [-0.3, -0.25) is 4.79 Å². The largest absolute Gasteiger partial charge is 0.399 e. The number of amides is 1. The second-order valence-electron chi connectivity index (χ2n) is 6.96. The third-order valence-corrected chi connectivity index (χ3v) is 3.47. The molecule has 0 saturated heterocycles. The zero-order valence-corrected chi connectivity index (χ0v) is 13.7. The number of hydrogen-bond donors (Lipinski definition) is 2. The van der Waals surface area contributed by atoms with Gasteiger partial charge in [-0.15, -0.1) is 0 Å². The Balaban J connectivity index is 2.14. The van der Waals surface area contributed by atoms with E-state index in [2.05, 4.69) is 39.1 Å². The molecule has 2 aromatic carbocycles. The molecular formula is C19H24N2O. The van der Waals surface area contributed by atoms with E-state index in [9.17, 15) is 4.79 Å². The molecule has 0 heterocycles. The molecule has 0 fully saturated rings. The Labute approximate surface area is 132 Å². The lowest BCUT2D eigenvalue weighted by Crippen LogP contribution is -2.13. The Morgan fingerprint density at radius 2 is 1.86 bits per heavy atom. The smallest absolute Gasteiger partial charge is 0.255 e. The molecule has 3 nitrogen and oxygen atoms in total. The lowest BCUT2D eigenvalue weighted by molar-refractivity contribution is 0.102. The summed E-state index contributed by atoms with van der Waals surface area (Å²) in [6.45, 7) is 8.75. The van der Waals surface area contributed by atoms with Crippen LogP contribution in [0.15, 0.2) is 42.5 Å². The molecule has 2 aromatic rings. The highest BCUT2D eigenvalue weighted by Crippen LogP contribution is 2.25. The molecule has 1 amide bonds. The molecule has 3 heteroatoms. The van der Waals surface area contributed by atoms with Crippen molar-refractivity contribution >= 4 is 17.3 Å². The van der Waals surface area contributed by atoms with Gasteiger partial charge in [0.15, 0.2) is 0 Å². The Morgan fingerprint density at radius 3 is 2.45 bits per heavy atom. The predicted octanol–water partition coefficient (Wildman–Crippen LogP) is 4.42. The fraction of sp³-hybridized carbons (Fsp3) is 0.316. The third-order valence-electron chi connectivity index (χ3n) is 3.47. The second-order valence-corrected chi connectivity index (χ2v) is 6.96. The van der Waals surface area contributed by atoms with Gasteiger partial charge in [0.1, 0.15) is 0 Å². The van der Waals surface area contributed by atoms with Crippen LogP contribution >= 0.6 is 0 Å². The average Bonchev–Trinajstić information content (AvgIpc) is 2.40. The Morgan fingerprint density at radius 1 is 1.14 bits per heavy atom. The summed E-state index contributed by atoms with van der Waals surface area (Å²) in [7, 11) is 0. The number of anilines is 2. The topological polar surface area (TPSA) is 55.1 Å². The normalized spacial score (nSPS) is 11.3. The van der Waals surface area contributed by atoms with Crippen LogP contribution in [0.3, 0.4) is 0 Å². The third kappa shape index (κ3) is 4.35. The number of carbonyl (C=O) groups is 1. The standard InChI is InChI=1S/C19H24N2O/c1-13-10-17(9-8-15(13)12-19(2,3)4)21-18(22)14-6-5-7-16(20)11-14/h5-11H,12,20H2,1-4H3,(H,21,22). The first-order chi connectivity index (χ1) is 10.2. The molecule has 0 unspecified atom stereocenters. The molecule has 3 N–H and O–H groups in total. The van der Waals surface area contributed by atoms with Crippen LogP contribution < -0.4 is 11.1 Å². The number of hydrogen-bond acceptors (Lipinski definition) is 2. The van der Waals surface area contributed by atoms with Gasteiger partial charge in [0, 0.05) is 16.9 Å². The van der Waals surface area contributed by atoms with Gasteiger partial charge in [-0.05, 0) is 60.2 Å². The van der Waals surface area contributed by atoms with Crippen LogP contribution in [-0.4, -0.2) is 5.91 Å². The van der Waals surface area contributed by atoms with Crippen molar-refractivity contribution in [1.29, 1.82) is 0 Å². The van der Waals surface area contributed by atoms with E-state index in [-0.39, 0.29) is 11.3 Å². The molecule has 0 spiro atoms. The van der Waals surface area contributed by atoms with Gasteiger partial charge in [-0.1, -0.05) is 32.9 Å². The number of aryl methyl sites for hydroxylation is 1. The highest BCUT2D eigenvalue weighted by Gasteiger charge is 2.13. The lowest BCUT2D eigenvalue weighted by Gasteiger charge is -2.20. The number of benzene rings is 2. The maximum absolute atomic E-state index is 12.2. The van der Waals surface area contributed by atoms with E-state index in [0.717, 1.165) is 12.1 Å². The monoisotopic (exact) mass is 296 g/mol. The number of nitrogens with two attached hydrogens (primary N) is 1. The van der Waals surface area contributed by atoms with Gasteiger partial charge >= 0.3 is 0 Å². The van der Waals surface area contributed by atoms with Crippen LogP contribution in [0.25, 0.3) is 0 Å². The van der Waals surface area contributed by atoms with E-state index in [1.807, 2.05) is 12.1 Å². The predicted molar refractivity (Wildman–Crippen MR) is 93.1 cm³/mol. The van der Waals surface area contributed by atoms with Crippen LogP contribution in [0, 0.1) is 12.3 Å². The van der Waals surface area contributed by atoms with Gasteiger partial charge in [-0.2, -0.15) is 0 Å². The van der Waals surface area contributed by atoms with E-state index in [0.29, 0.717) is 11.3 Å². The Hall–Kier alpha value is -2.29. The maximum Gasteiger partial charge on any atom is 0.255 e. The van der Waals surface area contributed by atoms with E-state index in [1.54, 1.807) is 24.3 Å². The maximum atomic E-state index is 12.2.